The lowest BCUT2D eigenvalue weighted by atomic mass is 9.61. The van der Waals surface area contributed by atoms with Crippen molar-refractivity contribution in [2.24, 2.45) is 189 Å². The van der Waals surface area contributed by atoms with Crippen molar-refractivity contribution in [3.05, 3.63) is 49.6 Å². The zero-order valence-corrected chi connectivity index (χ0v) is 87.3. The van der Waals surface area contributed by atoms with Crippen LogP contribution in [0.25, 0.3) is 0 Å². The van der Waals surface area contributed by atoms with Gasteiger partial charge >= 0.3 is 59.7 Å². The molecule has 20 unspecified atom stereocenters. The predicted octanol–water partition coefficient (Wildman–Crippen LogP) is 25.7. The van der Waals surface area contributed by atoms with Crippen molar-refractivity contribution in [1.82, 2.24) is 0 Å². The minimum Gasteiger partial charge on any atom is -0.465 e. The van der Waals surface area contributed by atoms with Crippen molar-refractivity contribution in [2.75, 3.05) is 66.1 Å². The summed E-state index contributed by atoms with van der Waals surface area (Å²) in [6, 6.07) is 0. The lowest BCUT2D eigenvalue weighted by molar-refractivity contribution is -0.156. The van der Waals surface area contributed by atoms with Gasteiger partial charge in [-0.25, -0.2) is 19.2 Å². The third kappa shape index (κ3) is 30.5. The van der Waals surface area contributed by atoms with Gasteiger partial charge < -0.3 is 47.4 Å². The van der Waals surface area contributed by atoms with Crippen molar-refractivity contribution >= 4 is 59.7 Å². The molecule has 15 fully saturated rings. The summed E-state index contributed by atoms with van der Waals surface area (Å²) in [4.78, 5) is 125. The van der Waals surface area contributed by atoms with Crippen LogP contribution in [0, 0.1) is 189 Å². The largest absolute Gasteiger partial charge is 0.465 e. The maximum atomic E-state index is 13.3. The normalized spacial score (nSPS) is 35.1. The number of hydrogen-bond donors (Lipinski definition) is 0. The molecule has 8 bridgehead atoms. The molecule has 0 saturated heterocycles. The Morgan fingerprint density at radius 2 is 0.514 bits per heavy atom. The molecule has 0 aromatic heterocycles. The van der Waals surface area contributed by atoms with E-state index in [0.717, 1.165) is 188 Å². The fourth-order valence-corrected chi connectivity index (χ4v) is 32.7. The maximum absolute atomic E-state index is 13.3. The number of carbonyl (C=O) groups excluding carboxylic acids is 10. The van der Waals surface area contributed by atoms with Crippen LogP contribution in [-0.4, -0.2) is 126 Å². The lowest BCUT2D eigenvalue weighted by Gasteiger charge is -2.44. The van der Waals surface area contributed by atoms with Gasteiger partial charge in [0.1, 0.15) is 0 Å². The van der Waals surface area contributed by atoms with Gasteiger partial charge in [0, 0.05) is 36.1 Å². The van der Waals surface area contributed by atoms with Gasteiger partial charge in [0.15, 0.2) is 0 Å². The number of fused-ring (bicyclic) bond motifs is 20. The van der Waals surface area contributed by atoms with E-state index in [0.29, 0.717) is 248 Å². The highest BCUT2D eigenvalue weighted by Gasteiger charge is 2.61. The van der Waals surface area contributed by atoms with Gasteiger partial charge in [-0.1, -0.05) is 181 Å². The van der Waals surface area contributed by atoms with E-state index in [4.69, 9.17) is 47.4 Å². The zero-order valence-electron chi connectivity index (χ0n) is 87.3. The molecule has 786 valence electrons. The molecule has 15 saturated carbocycles. The van der Waals surface area contributed by atoms with Gasteiger partial charge in [0.05, 0.1) is 89.7 Å². The number of esters is 10. The molecule has 140 heavy (non-hydrogen) atoms. The van der Waals surface area contributed by atoms with Crippen LogP contribution < -0.4 is 0 Å². The molecule has 15 aliphatic carbocycles. The molecular weight excluding hydrogens is 1760 g/mol. The molecule has 0 N–H and O–H groups in total. The maximum Gasteiger partial charge on any atom is 0.333 e. The SMILES string of the molecule is C=CC(=O)OCC1C[C@@H]2C3CC(CC3COC(=O)CCCCCCCCC(=O)OCC3C[C@@H]4C5CC(CC5COC(=O)C(=C)C)[C@@H]4C3)[C@@H]2C1.C=CC(=O)OCC1C[C@@H]2C3CC(COC(=O)C4CCC(C(=O)OCCCCCCC5C(CCCCCC)CCC(CCCCCCCC)C5CCCCCCOC(=O)C5CCC(C(=O)OCC6CC7CC6[C@@H]6CC(COC(=O)C(=C)C)C[C@H]76)CC5)CC4)C(C3)[C@@H]2C1. The highest BCUT2D eigenvalue weighted by molar-refractivity contribution is 5.87. The molecule has 15 rings (SSSR count). The van der Waals surface area contributed by atoms with Crippen molar-refractivity contribution in [1.29, 1.82) is 0 Å². The van der Waals surface area contributed by atoms with E-state index in [1.807, 2.05) is 0 Å². The van der Waals surface area contributed by atoms with Crippen LogP contribution in [0.15, 0.2) is 49.6 Å². The van der Waals surface area contributed by atoms with Gasteiger partial charge in [-0.05, 0) is 385 Å². The van der Waals surface area contributed by atoms with E-state index in [1.165, 1.54) is 179 Å². The molecule has 0 spiro atoms. The quantitative estimate of drug-likeness (QED) is 0.0237. The second kappa shape index (κ2) is 55.4. The fourth-order valence-electron chi connectivity index (χ4n) is 32.7. The van der Waals surface area contributed by atoms with Gasteiger partial charge in [-0.2, -0.15) is 0 Å². The smallest absolute Gasteiger partial charge is 0.333 e. The van der Waals surface area contributed by atoms with Gasteiger partial charge in [-0.3, -0.25) is 28.8 Å². The molecule has 28 atom stereocenters. The summed E-state index contributed by atoms with van der Waals surface area (Å²) in [5.41, 5.74) is 0.917. The van der Waals surface area contributed by atoms with E-state index in [-0.39, 0.29) is 83.4 Å². The Labute approximate surface area is 842 Å². The number of unbranched alkanes of at least 4 members (excludes halogenated alkanes) is 19. The molecule has 0 radical (unpaired) electrons. The first-order valence-electron chi connectivity index (χ1n) is 58.2. The number of rotatable bonds is 59. The third-order valence-electron chi connectivity index (χ3n) is 39.6. The number of hydrogen-bond acceptors (Lipinski definition) is 20. The highest BCUT2D eigenvalue weighted by Crippen LogP contribution is 2.67. The minimum absolute atomic E-state index is 0.0647. The summed E-state index contributed by atoms with van der Waals surface area (Å²) < 4.78 is 57.1. The van der Waals surface area contributed by atoms with Gasteiger partial charge in [0.25, 0.3) is 0 Å². The van der Waals surface area contributed by atoms with Crippen LogP contribution >= 0.6 is 0 Å². The summed E-state index contributed by atoms with van der Waals surface area (Å²) >= 11 is 0. The predicted molar refractivity (Wildman–Crippen MR) is 541 cm³/mol. The molecule has 20 nitrogen and oxygen atoms in total. The molecule has 0 aromatic carbocycles. The van der Waals surface area contributed by atoms with Gasteiger partial charge in [0.2, 0.25) is 0 Å². The monoisotopic (exact) mass is 1950 g/mol. The summed E-state index contributed by atoms with van der Waals surface area (Å²) in [6.45, 7) is 27.6. The molecule has 20 heteroatoms. The summed E-state index contributed by atoms with van der Waals surface area (Å²) in [7, 11) is 0. The Hall–Kier alpha value is -6.34. The molecule has 0 aliphatic heterocycles. The standard InChI is InChI=1S/C79H126O12.C41H60O8/c1-6-9-11-13-14-20-26-57-30-29-56(25-19-12-10-7-2)66(27-21-15-17-23-39-86-76(82)58-31-35-60(36-32-58)78(84)90-51-64-45-62-47-70(64)72-43-54(41-68(62)72)49-88-74(80)8-3)67(57)28-22-16-18-24-40-87-77(83)59-33-37-61(38-34-59)79(85)91-52-65-46-63-48-71(65)73-44-55(42-69(63)73)50-89-75(81)53(4)5;1-4-38(42)46-21-26-13-32-28-17-30(34(19-28)36(32)15-26)23-48-40(44)12-10-8-6-5-7-9-11-39(43)47-22-27-14-33-29-18-31(24-49-41(45)25(2)3)35(20-29)37(33)16-27/h8,54-73H,3-4,6-7,9-52H2,1-2,5H3;4,26-37H,1-2,5-24H2,3H3/t54?,55?,56?,57?,58?,59?,60?,61?,62?,63?,64?,65?,66?,67?,68-,69-,70?,71?,72-,73-;26?,27?,28?,29?,30?,31?,32-,33-,34?,35?,36-,37-/m10/s1. The van der Waals surface area contributed by atoms with E-state index in [9.17, 15) is 47.9 Å². The van der Waals surface area contributed by atoms with Crippen molar-refractivity contribution < 1.29 is 95.3 Å². The Morgan fingerprint density at radius 1 is 0.250 bits per heavy atom. The third-order valence-corrected chi connectivity index (χ3v) is 39.6. The van der Waals surface area contributed by atoms with E-state index < -0.39 is 0 Å². The molecule has 0 aromatic rings. The van der Waals surface area contributed by atoms with Crippen LogP contribution in [0.5, 0.6) is 0 Å². The minimum atomic E-state index is -0.336. The second-order valence-electron chi connectivity index (χ2n) is 48.6. The number of carbonyl (C=O) groups is 10. The Morgan fingerprint density at radius 3 is 0.857 bits per heavy atom. The Balaban J connectivity index is 0.000000267. The lowest BCUT2D eigenvalue weighted by Crippen LogP contribution is -2.35. The molecule has 0 amide bonds. The molecule has 15 aliphatic rings. The number of ether oxygens (including phenoxy) is 10. The average Bonchev–Trinajstić information content (AvgIpc) is 1.60. The van der Waals surface area contributed by atoms with Crippen molar-refractivity contribution in [3.63, 3.8) is 0 Å². The van der Waals surface area contributed by atoms with E-state index >= 15 is 0 Å². The highest BCUT2D eigenvalue weighted by atomic mass is 16.6. The van der Waals surface area contributed by atoms with E-state index in [1.54, 1.807) is 13.8 Å². The summed E-state index contributed by atoms with van der Waals surface area (Å²) in [5, 5.41) is 0. The molecule has 0 heterocycles. The first-order chi connectivity index (χ1) is 68.0. The van der Waals surface area contributed by atoms with Crippen molar-refractivity contribution in [2.45, 2.75) is 387 Å². The Bertz CT molecular complexity index is 4000. The summed E-state index contributed by atoms with van der Waals surface area (Å²) in [5.74, 6) is 15.7. The van der Waals surface area contributed by atoms with Crippen LogP contribution in [0.4, 0.5) is 0 Å². The first kappa shape index (κ1) is 109. The van der Waals surface area contributed by atoms with Gasteiger partial charge in [-0.15, -0.1) is 0 Å². The van der Waals surface area contributed by atoms with Crippen LogP contribution in [0.3, 0.4) is 0 Å². The van der Waals surface area contributed by atoms with Crippen LogP contribution in [-0.2, 0) is 95.3 Å². The van der Waals surface area contributed by atoms with Crippen LogP contribution in [0.2, 0.25) is 0 Å². The average molecular weight is 1950 g/mol. The zero-order chi connectivity index (χ0) is 98.6. The second-order valence-corrected chi connectivity index (χ2v) is 48.6. The first-order valence-corrected chi connectivity index (χ1v) is 58.2. The Kier molecular flexibility index (Phi) is 43.3. The van der Waals surface area contributed by atoms with Crippen LogP contribution in [0.1, 0.15) is 387 Å². The van der Waals surface area contributed by atoms with Crippen molar-refractivity contribution in [3.8, 4) is 0 Å². The fraction of sp³-hybridized carbons (Fsp3) is 0.850. The summed E-state index contributed by atoms with van der Waals surface area (Å²) in [6.07, 6.45) is 64.2. The van der Waals surface area contributed by atoms with E-state index in [2.05, 4.69) is 40.2 Å². The topological polar surface area (TPSA) is 263 Å². The molecular formula is C120H186O20.